The number of nitrogens with zero attached hydrogens (tertiary/aromatic N) is 1. The smallest absolute Gasteiger partial charge is 0.143 e. The van der Waals surface area contributed by atoms with Crippen molar-refractivity contribution >= 4 is 60.5 Å². The zero-order valence-electron chi connectivity index (χ0n) is 28.4. The summed E-state index contributed by atoms with van der Waals surface area (Å²) >= 11 is 0. The fourth-order valence-corrected chi connectivity index (χ4v) is 7.71. The van der Waals surface area contributed by atoms with Crippen LogP contribution in [-0.4, -0.2) is 0 Å². The Labute approximate surface area is 302 Å². The van der Waals surface area contributed by atoms with Gasteiger partial charge in [0.25, 0.3) is 0 Å². The molecule has 10 aromatic rings. The third kappa shape index (κ3) is 5.12. The summed E-state index contributed by atoms with van der Waals surface area (Å²) in [4.78, 5) is 2.39. The molecule has 2 nitrogen and oxygen atoms in total. The molecule has 0 amide bonds. The van der Waals surface area contributed by atoms with Crippen molar-refractivity contribution in [1.29, 1.82) is 0 Å². The quantitative estimate of drug-likeness (QED) is 0.176. The van der Waals surface area contributed by atoms with Crippen LogP contribution in [0.4, 0.5) is 17.1 Å². The van der Waals surface area contributed by atoms with Gasteiger partial charge in [-0.1, -0.05) is 158 Å². The van der Waals surface area contributed by atoms with Gasteiger partial charge < -0.3 is 9.32 Å². The maximum atomic E-state index is 6.77. The van der Waals surface area contributed by atoms with Crippen molar-refractivity contribution in [2.75, 3.05) is 4.90 Å². The average molecular weight is 664 g/mol. The predicted octanol–water partition coefficient (Wildman–Crippen LogP) is 14.4. The van der Waals surface area contributed by atoms with Crippen LogP contribution < -0.4 is 4.90 Å². The molecule has 1 aromatic heterocycles. The van der Waals surface area contributed by atoms with Gasteiger partial charge in [-0.25, -0.2) is 0 Å². The van der Waals surface area contributed by atoms with Gasteiger partial charge in [0.15, 0.2) is 0 Å². The molecule has 0 N–H and O–H groups in total. The number of furan rings is 1. The molecular formula is C50H33NO. The molecule has 244 valence electrons. The summed E-state index contributed by atoms with van der Waals surface area (Å²) in [6.07, 6.45) is 0. The van der Waals surface area contributed by atoms with Crippen molar-refractivity contribution in [2.45, 2.75) is 0 Å². The Bertz CT molecular complexity index is 2790. The fraction of sp³-hybridized carbons (Fsp3) is 0. The summed E-state index contributed by atoms with van der Waals surface area (Å²) in [6, 6.07) is 71.6. The summed E-state index contributed by atoms with van der Waals surface area (Å²) < 4.78 is 6.77. The van der Waals surface area contributed by atoms with Gasteiger partial charge in [-0.15, -0.1) is 0 Å². The Morgan fingerprint density at radius 3 is 1.54 bits per heavy atom. The van der Waals surface area contributed by atoms with Crippen LogP contribution >= 0.6 is 0 Å². The highest BCUT2D eigenvalue weighted by Crippen LogP contribution is 2.47. The number of anilines is 3. The van der Waals surface area contributed by atoms with Crippen LogP contribution in [0.15, 0.2) is 205 Å². The average Bonchev–Trinajstić information content (AvgIpc) is 3.61. The monoisotopic (exact) mass is 663 g/mol. The molecule has 2 heteroatoms. The Morgan fingerprint density at radius 2 is 0.885 bits per heavy atom. The number of fused-ring (bicyclic) bond motifs is 6. The highest BCUT2D eigenvalue weighted by atomic mass is 16.3. The van der Waals surface area contributed by atoms with E-state index in [9.17, 15) is 0 Å². The van der Waals surface area contributed by atoms with E-state index in [0.717, 1.165) is 55.3 Å². The van der Waals surface area contributed by atoms with Crippen LogP contribution in [0.3, 0.4) is 0 Å². The normalized spacial score (nSPS) is 11.5. The molecular weight excluding hydrogens is 631 g/mol. The third-order valence-electron chi connectivity index (χ3n) is 10.2. The molecule has 0 fully saturated rings. The van der Waals surface area contributed by atoms with Gasteiger partial charge >= 0.3 is 0 Å². The van der Waals surface area contributed by atoms with E-state index in [-0.39, 0.29) is 0 Å². The highest BCUT2D eigenvalue weighted by molar-refractivity contribution is 6.22. The molecule has 0 unspecified atom stereocenters. The zero-order valence-corrected chi connectivity index (χ0v) is 28.4. The molecule has 0 saturated heterocycles. The van der Waals surface area contributed by atoms with E-state index in [2.05, 4.69) is 205 Å². The number of rotatable bonds is 6. The second-order valence-electron chi connectivity index (χ2n) is 13.3. The van der Waals surface area contributed by atoms with Gasteiger partial charge in [0.05, 0.1) is 5.69 Å². The minimum atomic E-state index is 0.883. The van der Waals surface area contributed by atoms with Crippen molar-refractivity contribution in [3.63, 3.8) is 0 Å². The minimum absolute atomic E-state index is 0.883. The van der Waals surface area contributed by atoms with Crippen molar-refractivity contribution in [3.05, 3.63) is 200 Å². The second kappa shape index (κ2) is 12.5. The molecule has 0 spiro atoms. The van der Waals surface area contributed by atoms with Crippen molar-refractivity contribution in [3.8, 4) is 33.4 Å². The van der Waals surface area contributed by atoms with E-state index in [1.165, 1.54) is 38.6 Å². The predicted molar refractivity (Wildman–Crippen MR) is 220 cm³/mol. The summed E-state index contributed by atoms with van der Waals surface area (Å²) in [5, 5.41) is 6.89. The molecule has 0 atom stereocenters. The summed E-state index contributed by atoms with van der Waals surface area (Å²) in [5.74, 6) is 0. The van der Waals surface area contributed by atoms with E-state index in [1.807, 2.05) is 0 Å². The third-order valence-corrected chi connectivity index (χ3v) is 10.2. The molecule has 0 aliphatic carbocycles. The first-order valence-corrected chi connectivity index (χ1v) is 17.8. The van der Waals surface area contributed by atoms with E-state index in [4.69, 9.17) is 4.42 Å². The lowest BCUT2D eigenvalue weighted by atomic mass is 9.95. The maximum Gasteiger partial charge on any atom is 0.143 e. The van der Waals surface area contributed by atoms with E-state index in [1.54, 1.807) is 0 Å². The highest BCUT2D eigenvalue weighted by Gasteiger charge is 2.22. The molecule has 52 heavy (non-hydrogen) atoms. The molecule has 10 rings (SSSR count). The second-order valence-corrected chi connectivity index (χ2v) is 13.3. The van der Waals surface area contributed by atoms with Gasteiger partial charge in [0, 0.05) is 32.9 Å². The lowest BCUT2D eigenvalue weighted by Gasteiger charge is -2.27. The Hall–Kier alpha value is -6.90. The van der Waals surface area contributed by atoms with E-state index < -0.39 is 0 Å². The topological polar surface area (TPSA) is 16.4 Å². The Morgan fingerprint density at radius 1 is 0.346 bits per heavy atom. The van der Waals surface area contributed by atoms with Crippen molar-refractivity contribution in [1.82, 2.24) is 0 Å². The van der Waals surface area contributed by atoms with Gasteiger partial charge in [0.1, 0.15) is 11.2 Å². The summed E-state index contributed by atoms with van der Waals surface area (Å²) in [6.45, 7) is 0. The first-order valence-electron chi connectivity index (χ1n) is 17.8. The standard InChI is InChI=1S/C50H33NO/c1-3-12-34(13-4-1)37-24-28-41(29-25-37)51(42-30-26-38(27-31-42)35-14-5-2-6-15-35)47-33-46-49-43(40-23-22-36-16-7-8-17-39(36)32-40)20-11-21-48(49)52-50(46)45-19-10-9-18-44(45)47/h1-33H. The molecule has 0 saturated carbocycles. The number of benzene rings is 9. The van der Waals surface area contributed by atoms with E-state index >= 15 is 0 Å². The van der Waals surface area contributed by atoms with Gasteiger partial charge in [-0.2, -0.15) is 0 Å². The van der Waals surface area contributed by atoms with Crippen molar-refractivity contribution < 1.29 is 4.42 Å². The molecule has 0 aliphatic heterocycles. The van der Waals surface area contributed by atoms with Crippen LogP contribution in [0.5, 0.6) is 0 Å². The van der Waals surface area contributed by atoms with Gasteiger partial charge in [0.2, 0.25) is 0 Å². The molecule has 9 aromatic carbocycles. The van der Waals surface area contributed by atoms with Gasteiger partial charge in [-0.3, -0.25) is 0 Å². The first kappa shape index (κ1) is 30.0. The van der Waals surface area contributed by atoms with Crippen LogP contribution in [0.25, 0.3) is 76.9 Å². The molecule has 0 aliphatic rings. The number of hydrogen-bond acceptors (Lipinski definition) is 2. The maximum absolute atomic E-state index is 6.77. The summed E-state index contributed by atoms with van der Waals surface area (Å²) in [7, 11) is 0. The molecule has 0 radical (unpaired) electrons. The Kier molecular flexibility index (Phi) is 7.18. The van der Waals surface area contributed by atoms with Crippen LogP contribution in [-0.2, 0) is 0 Å². The zero-order chi connectivity index (χ0) is 34.4. The van der Waals surface area contributed by atoms with Crippen LogP contribution in [0.1, 0.15) is 0 Å². The largest absolute Gasteiger partial charge is 0.455 e. The van der Waals surface area contributed by atoms with Gasteiger partial charge in [-0.05, 0) is 86.6 Å². The SMILES string of the molecule is c1ccc(-c2ccc(N(c3ccc(-c4ccccc4)cc3)c3cc4c(oc5cccc(-c6ccc7ccccc7c6)c54)c4ccccc34)cc2)cc1. The summed E-state index contributed by atoms with van der Waals surface area (Å²) in [5.41, 5.74) is 12.2. The first-order chi connectivity index (χ1) is 25.8. The van der Waals surface area contributed by atoms with Crippen LogP contribution in [0.2, 0.25) is 0 Å². The fourth-order valence-electron chi connectivity index (χ4n) is 7.71. The van der Waals surface area contributed by atoms with Crippen LogP contribution in [0, 0.1) is 0 Å². The minimum Gasteiger partial charge on any atom is -0.455 e. The lowest BCUT2D eigenvalue weighted by molar-refractivity contribution is 0.673. The molecule has 0 bridgehead atoms. The van der Waals surface area contributed by atoms with Crippen molar-refractivity contribution in [2.24, 2.45) is 0 Å². The van der Waals surface area contributed by atoms with E-state index in [0.29, 0.717) is 0 Å². The number of hydrogen-bond donors (Lipinski definition) is 0. The molecule has 1 heterocycles. The lowest BCUT2D eigenvalue weighted by Crippen LogP contribution is -2.10. The Balaban J connectivity index is 1.21.